The molecule has 0 aromatic carbocycles. The molecule has 1 aliphatic heterocycles. The summed E-state index contributed by atoms with van der Waals surface area (Å²) in [5.74, 6) is -1.05. The number of aliphatic carboxylic acids is 1. The summed E-state index contributed by atoms with van der Waals surface area (Å²) in [4.78, 5) is 12.7. The summed E-state index contributed by atoms with van der Waals surface area (Å²) in [5, 5.41) is 17.9. The van der Waals surface area contributed by atoms with Gasteiger partial charge in [0.2, 0.25) is 0 Å². The fourth-order valence-corrected chi connectivity index (χ4v) is 1.57. The number of rotatable bonds is 3. The van der Waals surface area contributed by atoms with E-state index in [0.29, 0.717) is 6.54 Å². The van der Waals surface area contributed by atoms with Crippen molar-refractivity contribution in [1.29, 1.82) is 0 Å². The Bertz CT molecular complexity index is 176. The van der Waals surface area contributed by atoms with Crippen LogP contribution in [0.4, 0.5) is 0 Å². The van der Waals surface area contributed by atoms with Crippen LogP contribution in [-0.4, -0.2) is 46.8 Å². The monoisotopic (exact) mass is 187 g/mol. The number of piperidine rings is 1. The summed E-state index contributed by atoms with van der Waals surface area (Å²) in [5.41, 5.74) is 0. The molecule has 13 heavy (non-hydrogen) atoms. The van der Waals surface area contributed by atoms with E-state index in [9.17, 15) is 9.90 Å². The molecule has 1 saturated heterocycles. The van der Waals surface area contributed by atoms with Crippen LogP contribution in [0.5, 0.6) is 0 Å². The van der Waals surface area contributed by atoms with Gasteiger partial charge in [-0.15, -0.1) is 0 Å². The summed E-state index contributed by atoms with van der Waals surface area (Å²) in [7, 11) is 0. The Kier molecular flexibility index (Phi) is 3.69. The van der Waals surface area contributed by atoms with Crippen LogP contribution in [0.1, 0.15) is 19.8 Å². The lowest BCUT2D eigenvalue weighted by molar-refractivity contribution is -0.141. The van der Waals surface area contributed by atoms with Crippen LogP contribution in [0.2, 0.25) is 0 Å². The lowest BCUT2D eigenvalue weighted by atomic mass is 10.1. The molecule has 4 heteroatoms. The Hall–Kier alpha value is -0.610. The summed E-state index contributed by atoms with van der Waals surface area (Å²) in [6.07, 6.45) is 1.36. The second-order valence-electron chi connectivity index (χ2n) is 3.77. The number of likely N-dealkylation sites (tertiary alicyclic amines) is 1. The van der Waals surface area contributed by atoms with Crippen LogP contribution < -0.4 is 0 Å². The van der Waals surface area contributed by atoms with Gasteiger partial charge < -0.3 is 15.1 Å². The van der Waals surface area contributed by atoms with Gasteiger partial charge in [-0.2, -0.15) is 0 Å². The van der Waals surface area contributed by atoms with Crippen molar-refractivity contribution in [3.8, 4) is 0 Å². The number of hydrogen-bond acceptors (Lipinski definition) is 3. The minimum absolute atomic E-state index is 0.184. The molecule has 76 valence electrons. The van der Waals surface area contributed by atoms with Crippen LogP contribution in [0.15, 0.2) is 0 Å². The zero-order valence-corrected chi connectivity index (χ0v) is 7.94. The van der Waals surface area contributed by atoms with Crippen molar-refractivity contribution in [2.24, 2.45) is 5.92 Å². The van der Waals surface area contributed by atoms with Crippen molar-refractivity contribution in [2.75, 3.05) is 19.6 Å². The molecule has 0 saturated carbocycles. The van der Waals surface area contributed by atoms with Gasteiger partial charge in [-0.25, -0.2) is 0 Å². The summed E-state index contributed by atoms with van der Waals surface area (Å²) in [6.45, 7) is 3.95. The molecule has 0 aromatic heterocycles. The van der Waals surface area contributed by atoms with Gasteiger partial charge in [-0.3, -0.25) is 4.79 Å². The van der Waals surface area contributed by atoms with Gasteiger partial charge in [-0.1, -0.05) is 6.92 Å². The van der Waals surface area contributed by atoms with Gasteiger partial charge in [0, 0.05) is 19.6 Å². The first-order chi connectivity index (χ1) is 6.09. The Morgan fingerprint density at radius 2 is 2.08 bits per heavy atom. The first-order valence-corrected chi connectivity index (χ1v) is 4.73. The highest BCUT2D eigenvalue weighted by molar-refractivity contribution is 5.69. The minimum atomic E-state index is -0.744. The van der Waals surface area contributed by atoms with Crippen LogP contribution in [-0.2, 0) is 4.79 Å². The fraction of sp³-hybridized carbons (Fsp3) is 0.889. The molecule has 0 amide bonds. The maximum Gasteiger partial charge on any atom is 0.307 e. The lowest BCUT2D eigenvalue weighted by Gasteiger charge is -2.30. The number of aliphatic hydroxyl groups is 1. The van der Waals surface area contributed by atoms with Crippen LogP contribution >= 0.6 is 0 Å². The SMILES string of the molecule is CC(CN1CCC(O)CC1)C(=O)O. The molecule has 0 spiro atoms. The zero-order chi connectivity index (χ0) is 9.84. The zero-order valence-electron chi connectivity index (χ0n) is 7.94. The van der Waals surface area contributed by atoms with Crippen LogP contribution in [0.3, 0.4) is 0 Å². The third-order valence-corrected chi connectivity index (χ3v) is 2.51. The molecular formula is C9H17NO3. The Morgan fingerprint density at radius 3 is 2.54 bits per heavy atom. The molecule has 1 aliphatic rings. The largest absolute Gasteiger partial charge is 0.481 e. The van der Waals surface area contributed by atoms with E-state index in [4.69, 9.17) is 5.11 Å². The van der Waals surface area contributed by atoms with Crippen LogP contribution in [0.25, 0.3) is 0 Å². The second-order valence-corrected chi connectivity index (χ2v) is 3.77. The van der Waals surface area contributed by atoms with Gasteiger partial charge in [0.1, 0.15) is 0 Å². The predicted molar refractivity (Wildman–Crippen MR) is 48.5 cm³/mol. The molecule has 4 nitrogen and oxygen atoms in total. The molecule has 1 unspecified atom stereocenters. The standard InChI is InChI=1S/C9H17NO3/c1-7(9(12)13)6-10-4-2-8(11)3-5-10/h7-8,11H,2-6H2,1H3,(H,12,13). The lowest BCUT2D eigenvalue weighted by Crippen LogP contribution is -2.39. The predicted octanol–water partition coefficient (Wildman–Crippen LogP) is 0.164. The molecule has 0 radical (unpaired) electrons. The van der Waals surface area contributed by atoms with Crippen molar-refractivity contribution in [1.82, 2.24) is 4.90 Å². The minimum Gasteiger partial charge on any atom is -0.481 e. The van der Waals surface area contributed by atoms with E-state index in [-0.39, 0.29) is 12.0 Å². The Morgan fingerprint density at radius 1 is 1.54 bits per heavy atom. The maximum atomic E-state index is 10.6. The molecule has 1 heterocycles. The number of carboxylic acids is 1. The first kappa shape index (κ1) is 10.5. The van der Waals surface area contributed by atoms with E-state index in [1.165, 1.54) is 0 Å². The number of hydrogen-bond donors (Lipinski definition) is 2. The van der Waals surface area contributed by atoms with Crippen molar-refractivity contribution >= 4 is 5.97 Å². The van der Waals surface area contributed by atoms with E-state index < -0.39 is 5.97 Å². The molecule has 1 rings (SSSR count). The number of aliphatic hydroxyl groups excluding tert-OH is 1. The highest BCUT2D eigenvalue weighted by atomic mass is 16.4. The summed E-state index contributed by atoms with van der Waals surface area (Å²) < 4.78 is 0. The third-order valence-electron chi connectivity index (χ3n) is 2.51. The fourth-order valence-electron chi connectivity index (χ4n) is 1.57. The van der Waals surface area contributed by atoms with E-state index in [0.717, 1.165) is 25.9 Å². The maximum absolute atomic E-state index is 10.6. The van der Waals surface area contributed by atoms with Crippen LogP contribution in [0, 0.1) is 5.92 Å². The second kappa shape index (κ2) is 4.58. The highest BCUT2D eigenvalue weighted by Gasteiger charge is 2.20. The molecule has 2 N–H and O–H groups in total. The molecule has 1 fully saturated rings. The number of nitrogens with zero attached hydrogens (tertiary/aromatic N) is 1. The first-order valence-electron chi connectivity index (χ1n) is 4.73. The van der Waals surface area contributed by atoms with Crippen molar-refractivity contribution in [3.63, 3.8) is 0 Å². The topological polar surface area (TPSA) is 60.8 Å². The average molecular weight is 187 g/mol. The summed E-state index contributed by atoms with van der Waals surface area (Å²) in [6, 6.07) is 0. The molecular weight excluding hydrogens is 170 g/mol. The average Bonchev–Trinajstić information content (AvgIpc) is 2.08. The van der Waals surface area contributed by atoms with Gasteiger partial charge >= 0.3 is 5.97 Å². The van der Waals surface area contributed by atoms with E-state index in [1.54, 1.807) is 6.92 Å². The van der Waals surface area contributed by atoms with Crippen molar-refractivity contribution in [3.05, 3.63) is 0 Å². The molecule has 0 bridgehead atoms. The van der Waals surface area contributed by atoms with Gasteiger partial charge in [0.15, 0.2) is 0 Å². The molecule has 0 aromatic rings. The Balaban J connectivity index is 2.26. The number of carbonyl (C=O) groups is 1. The summed E-state index contributed by atoms with van der Waals surface area (Å²) >= 11 is 0. The van der Waals surface area contributed by atoms with Gasteiger partial charge in [-0.05, 0) is 12.8 Å². The third kappa shape index (κ3) is 3.32. The highest BCUT2D eigenvalue weighted by Crippen LogP contribution is 2.11. The number of carboxylic acid groups (broad SMARTS) is 1. The molecule has 1 atom stereocenters. The van der Waals surface area contributed by atoms with E-state index in [1.807, 2.05) is 0 Å². The van der Waals surface area contributed by atoms with Crippen molar-refractivity contribution < 1.29 is 15.0 Å². The van der Waals surface area contributed by atoms with Gasteiger partial charge in [0.05, 0.1) is 12.0 Å². The van der Waals surface area contributed by atoms with Gasteiger partial charge in [0.25, 0.3) is 0 Å². The van der Waals surface area contributed by atoms with E-state index in [2.05, 4.69) is 4.90 Å². The normalized spacial score (nSPS) is 22.9. The quantitative estimate of drug-likeness (QED) is 0.661. The smallest absolute Gasteiger partial charge is 0.307 e. The molecule has 0 aliphatic carbocycles. The van der Waals surface area contributed by atoms with Crippen molar-refractivity contribution in [2.45, 2.75) is 25.9 Å². The van der Waals surface area contributed by atoms with E-state index >= 15 is 0 Å². The Labute approximate surface area is 78.2 Å².